The highest BCUT2D eigenvalue weighted by Crippen LogP contribution is 2.30. The molecule has 1 unspecified atom stereocenters. The van der Waals surface area contributed by atoms with Gasteiger partial charge in [-0.2, -0.15) is 0 Å². The van der Waals surface area contributed by atoms with Crippen LogP contribution in [0, 0.1) is 0 Å². The van der Waals surface area contributed by atoms with Crippen molar-refractivity contribution in [2.75, 3.05) is 5.01 Å². The smallest absolute Gasteiger partial charge is 0.255 e. The summed E-state index contributed by atoms with van der Waals surface area (Å²) in [7, 11) is 0. The van der Waals surface area contributed by atoms with Crippen molar-refractivity contribution < 1.29 is 19.1 Å². The number of hydrogen-bond acceptors (Lipinski definition) is 8. The average molecular weight is 463 g/mol. The molecule has 1 atom stereocenters. The summed E-state index contributed by atoms with van der Waals surface area (Å²) in [5.41, 5.74) is 9.06. The first kappa shape index (κ1) is 21.9. The van der Waals surface area contributed by atoms with Gasteiger partial charge < -0.3 is 15.4 Å². The van der Waals surface area contributed by atoms with Crippen molar-refractivity contribution in [2.45, 2.75) is 50.8 Å². The van der Waals surface area contributed by atoms with Gasteiger partial charge in [0.25, 0.3) is 5.91 Å². The number of hydrazine groups is 1. The number of carbonyl (C=O) groups excluding carboxylic acids is 3. The molecule has 3 aliphatic rings. The SMILES string of the molecule is N/C(=C\N(N)c1ccc2c(c1)CN(C1CCC(=O)NC1=O)C2=O)c1cccc(OC2CCC2)n1. The van der Waals surface area contributed by atoms with Crippen molar-refractivity contribution in [1.29, 1.82) is 0 Å². The van der Waals surface area contributed by atoms with E-state index in [4.69, 9.17) is 16.3 Å². The Morgan fingerprint density at radius 1 is 1.18 bits per heavy atom. The molecule has 5 N–H and O–H groups in total. The molecular formula is C24H26N6O4. The molecule has 0 spiro atoms. The Bertz CT molecular complexity index is 1190. The van der Waals surface area contributed by atoms with Crippen LogP contribution in [-0.4, -0.2) is 39.8 Å². The van der Waals surface area contributed by atoms with Crippen LogP contribution in [0.2, 0.25) is 0 Å². The molecule has 1 aliphatic carbocycles. The molecule has 0 radical (unpaired) electrons. The molecule has 176 valence electrons. The molecule has 34 heavy (non-hydrogen) atoms. The van der Waals surface area contributed by atoms with Gasteiger partial charge in [-0.3, -0.25) is 24.7 Å². The van der Waals surface area contributed by atoms with Crippen molar-refractivity contribution in [3.8, 4) is 5.88 Å². The number of hydrogen-bond donors (Lipinski definition) is 3. The largest absolute Gasteiger partial charge is 0.474 e. The number of aromatic nitrogens is 1. The van der Waals surface area contributed by atoms with E-state index in [0.717, 1.165) is 18.4 Å². The van der Waals surface area contributed by atoms with Gasteiger partial charge in [-0.05, 0) is 55.5 Å². The lowest BCUT2D eigenvalue weighted by molar-refractivity contribution is -0.136. The van der Waals surface area contributed by atoms with Crippen molar-refractivity contribution in [2.24, 2.45) is 11.6 Å². The lowest BCUT2D eigenvalue weighted by Gasteiger charge is -2.29. The lowest BCUT2D eigenvalue weighted by Crippen LogP contribution is -2.52. The number of amides is 3. The number of imide groups is 1. The third-order valence-corrected chi connectivity index (χ3v) is 6.44. The zero-order valence-corrected chi connectivity index (χ0v) is 18.6. The first-order valence-corrected chi connectivity index (χ1v) is 11.3. The van der Waals surface area contributed by atoms with E-state index in [9.17, 15) is 14.4 Å². The maximum atomic E-state index is 12.9. The topological polar surface area (TPSA) is 144 Å². The fourth-order valence-electron chi connectivity index (χ4n) is 4.31. The molecule has 0 bridgehead atoms. The van der Waals surface area contributed by atoms with Gasteiger partial charge in [-0.25, -0.2) is 10.8 Å². The van der Waals surface area contributed by atoms with Crippen LogP contribution in [0.3, 0.4) is 0 Å². The van der Waals surface area contributed by atoms with Crippen molar-refractivity contribution in [3.05, 3.63) is 59.4 Å². The Hall–Kier alpha value is -3.92. The van der Waals surface area contributed by atoms with Gasteiger partial charge in [0, 0.05) is 30.8 Å². The summed E-state index contributed by atoms with van der Waals surface area (Å²) in [5.74, 6) is 5.79. The normalized spacial score (nSPS) is 20.6. The van der Waals surface area contributed by atoms with Crippen molar-refractivity contribution in [1.82, 2.24) is 15.2 Å². The van der Waals surface area contributed by atoms with E-state index in [1.165, 1.54) is 16.3 Å². The quantitative estimate of drug-likeness (QED) is 0.332. The second-order valence-corrected chi connectivity index (χ2v) is 8.76. The molecule has 2 aliphatic heterocycles. The van der Waals surface area contributed by atoms with Crippen LogP contribution in [-0.2, 0) is 16.1 Å². The fraction of sp³-hybridized carbons (Fsp3) is 0.333. The monoisotopic (exact) mass is 462 g/mol. The maximum absolute atomic E-state index is 12.9. The Labute approximate surface area is 196 Å². The number of piperidine rings is 1. The number of rotatable bonds is 6. The van der Waals surface area contributed by atoms with Gasteiger partial charge in [-0.1, -0.05) is 6.07 Å². The van der Waals surface area contributed by atoms with Gasteiger partial charge in [0.1, 0.15) is 12.1 Å². The van der Waals surface area contributed by atoms with E-state index in [1.807, 2.05) is 6.07 Å². The number of carbonyl (C=O) groups is 3. The van der Waals surface area contributed by atoms with Gasteiger partial charge in [0.05, 0.1) is 17.1 Å². The molecule has 10 nitrogen and oxygen atoms in total. The first-order valence-electron chi connectivity index (χ1n) is 11.3. The summed E-state index contributed by atoms with van der Waals surface area (Å²) < 4.78 is 5.84. The van der Waals surface area contributed by atoms with E-state index >= 15 is 0 Å². The van der Waals surface area contributed by atoms with Gasteiger partial charge in [-0.15, -0.1) is 0 Å². The molecule has 1 saturated heterocycles. The molecule has 10 heteroatoms. The summed E-state index contributed by atoms with van der Waals surface area (Å²) >= 11 is 0. The number of benzene rings is 1. The number of pyridine rings is 1. The summed E-state index contributed by atoms with van der Waals surface area (Å²) in [5, 5.41) is 3.68. The fourth-order valence-corrected chi connectivity index (χ4v) is 4.31. The molecule has 5 rings (SSSR count). The van der Waals surface area contributed by atoms with E-state index in [2.05, 4.69) is 10.3 Å². The Morgan fingerprint density at radius 3 is 2.74 bits per heavy atom. The second kappa shape index (κ2) is 8.79. The Balaban J connectivity index is 1.31. The van der Waals surface area contributed by atoms with Crippen LogP contribution < -0.4 is 26.6 Å². The molecule has 1 aromatic heterocycles. The van der Waals surface area contributed by atoms with Gasteiger partial charge in [0.15, 0.2) is 0 Å². The number of nitrogens with one attached hydrogen (secondary N) is 1. The summed E-state index contributed by atoms with van der Waals surface area (Å²) in [6.45, 7) is 0.267. The van der Waals surface area contributed by atoms with Crippen LogP contribution in [0.1, 0.15) is 53.7 Å². The minimum atomic E-state index is -0.661. The molecule has 3 heterocycles. The summed E-state index contributed by atoms with van der Waals surface area (Å²) in [6.07, 6.45) is 5.55. The first-order chi connectivity index (χ1) is 16.4. The van der Waals surface area contributed by atoms with Crippen LogP contribution in [0.4, 0.5) is 5.69 Å². The number of fused-ring (bicyclic) bond motifs is 1. The standard InChI is InChI=1S/C24H26N6O4/c25-18(19-5-2-6-22(27-19)34-16-3-1-4-16)13-30(26)15-7-8-17-14(11-15)12-29(24(17)33)20-9-10-21(31)28-23(20)32/h2,5-8,11,13,16,20H,1,3-4,9-10,12,25-26H2,(H,28,31,32)/b18-13-. The molecular weight excluding hydrogens is 436 g/mol. The highest BCUT2D eigenvalue weighted by Gasteiger charge is 2.39. The van der Waals surface area contributed by atoms with E-state index < -0.39 is 11.9 Å². The van der Waals surface area contributed by atoms with E-state index in [-0.39, 0.29) is 30.9 Å². The number of ether oxygens (including phenoxy) is 1. The Morgan fingerprint density at radius 2 is 2.00 bits per heavy atom. The van der Waals surface area contributed by atoms with Crippen molar-refractivity contribution >= 4 is 29.1 Å². The van der Waals surface area contributed by atoms with Crippen LogP contribution in [0.5, 0.6) is 5.88 Å². The predicted octanol–water partition coefficient (Wildman–Crippen LogP) is 1.41. The van der Waals surface area contributed by atoms with E-state index in [0.29, 0.717) is 34.9 Å². The van der Waals surface area contributed by atoms with Crippen molar-refractivity contribution in [3.63, 3.8) is 0 Å². The minimum absolute atomic E-state index is 0.212. The highest BCUT2D eigenvalue weighted by atomic mass is 16.5. The van der Waals surface area contributed by atoms with Crippen LogP contribution >= 0.6 is 0 Å². The molecule has 3 amide bonds. The molecule has 2 fully saturated rings. The summed E-state index contributed by atoms with van der Waals surface area (Å²) in [4.78, 5) is 42.5. The van der Waals surface area contributed by atoms with E-state index in [1.54, 1.807) is 36.5 Å². The second-order valence-electron chi connectivity index (χ2n) is 8.76. The predicted molar refractivity (Wildman–Crippen MR) is 124 cm³/mol. The lowest BCUT2D eigenvalue weighted by atomic mass is 9.96. The minimum Gasteiger partial charge on any atom is -0.474 e. The number of anilines is 1. The van der Waals surface area contributed by atoms with Gasteiger partial charge in [0.2, 0.25) is 17.7 Å². The third-order valence-electron chi connectivity index (χ3n) is 6.44. The van der Waals surface area contributed by atoms with Crippen LogP contribution in [0.25, 0.3) is 5.70 Å². The maximum Gasteiger partial charge on any atom is 0.255 e. The zero-order chi connectivity index (χ0) is 23.8. The van der Waals surface area contributed by atoms with Crippen LogP contribution in [0.15, 0.2) is 42.6 Å². The average Bonchev–Trinajstić information content (AvgIpc) is 3.12. The summed E-state index contributed by atoms with van der Waals surface area (Å²) in [6, 6.07) is 9.97. The highest BCUT2D eigenvalue weighted by molar-refractivity contribution is 6.05. The third kappa shape index (κ3) is 4.19. The van der Waals surface area contributed by atoms with Gasteiger partial charge >= 0.3 is 0 Å². The molecule has 1 saturated carbocycles. The number of nitrogens with two attached hydrogens (primary N) is 2. The molecule has 2 aromatic rings. The zero-order valence-electron chi connectivity index (χ0n) is 18.6. The number of nitrogens with zero attached hydrogens (tertiary/aromatic N) is 3. The molecule has 1 aromatic carbocycles. The Kier molecular flexibility index (Phi) is 5.66.